The van der Waals surface area contributed by atoms with Gasteiger partial charge < -0.3 is 0 Å². The molecular weight excluding hydrogens is 143 g/mol. The lowest BCUT2D eigenvalue weighted by molar-refractivity contribution is 1.71. The van der Waals surface area contributed by atoms with Gasteiger partial charge in [-0.2, -0.15) is 0 Å². The molecule has 42 valence electrons. The van der Waals surface area contributed by atoms with Gasteiger partial charge in [-0.1, -0.05) is 29.3 Å². The van der Waals surface area contributed by atoms with Crippen LogP contribution in [0.5, 0.6) is 0 Å². The molecule has 0 aliphatic rings. The van der Waals surface area contributed by atoms with Crippen molar-refractivity contribution in [1.29, 1.82) is 0 Å². The van der Waals surface area contributed by atoms with Crippen LogP contribution in [0.25, 0.3) is 0 Å². The Balaban J connectivity index is 3.17. The van der Waals surface area contributed by atoms with Crippen LogP contribution in [0.1, 0.15) is 1.37 Å². The van der Waals surface area contributed by atoms with Crippen molar-refractivity contribution in [2.45, 2.75) is 0 Å². The number of hydrogen-bond donors (Lipinski definition) is 0. The first-order valence-electron chi connectivity index (χ1n) is 2.62. The van der Waals surface area contributed by atoms with Crippen molar-refractivity contribution >= 4 is 23.2 Å². The quantitative estimate of drug-likeness (QED) is 0.530. The van der Waals surface area contributed by atoms with Gasteiger partial charge in [-0.25, -0.2) is 0 Å². The van der Waals surface area contributed by atoms with Gasteiger partial charge in [0, 0.05) is 10.0 Å². The molecule has 0 saturated heterocycles. The Hall–Kier alpha value is -0.200. The van der Waals surface area contributed by atoms with Gasteiger partial charge >= 0.3 is 0 Å². The normalized spacial score (nSPS) is 11.0. The van der Waals surface area contributed by atoms with Crippen molar-refractivity contribution < 1.29 is 1.37 Å². The fraction of sp³-hybridized carbons (Fsp3) is 0. The van der Waals surface area contributed by atoms with E-state index in [-0.39, 0.29) is 0 Å². The van der Waals surface area contributed by atoms with E-state index in [0.29, 0.717) is 16.1 Å². The summed E-state index contributed by atoms with van der Waals surface area (Å²) in [5.41, 5.74) is 0. The second-order valence-electron chi connectivity index (χ2n) is 1.35. The predicted molar refractivity (Wildman–Crippen MR) is 36.5 cm³/mol. The van der Waals surface area contributed by atoms with E-state index in [1.54, 1.807) is 18.2 Å². The van der Waals surface area contributed by atoms with Crippen molar-refractivity contribution in [2.75, 3.05) is 0 Å². The highest BCUT2D eigenvalue weighted by atomic mass is 35.5. The largest absolute Gasteiger partial charge is 0.0843 e. The molecule has 2 heteroatoms. The zero-order chi connectivity index (χ0) is 6.85. The van der Waals surface area contributed by atoms with E-state index in [1.165, 1.54) is 0 Å². The Bertz CT molecular complexity index is 222. The summed E-state index contributed by atoms with van der Waals surface area (Å²) in [6.07, 6.45) is 0. The fourth-order valence-electron chi connectivity index (χ4n) is 0.412. The van der Waals surface area contributed by atoms with Gasteiger partial charge in [0.2, 0.25) is 0 Å². The molecule has 1 aromatic rings. The molecule has 8 heavy (non-hydrogen) atoms. The van der Waals surface area contributed by atoms with Crippen LogP contribution in [0.15, 0.2) is 24.2 Å². The van der Waals surface area contributed by atoms with Crippen LogP contribution in [0.3, 0.4) is 0 Å². The third-order valence-electron chi connectivity index (χ3n) is 0.728. The zero-order valence-electron chi connectivity index (χ0n) is 4.99. The molecule has 0 aromatic heterocycles. The predicted octanol–water partition coefficient (Wildman–Crippen LogP) is 2.99. The first-order chi connectivity index (χ1) is 4.20. The first-order valence-corrected chi connectivity index (χ1v) is 2.87. The van der Waals surface area contributed by atoms with Crippen LogP contribution in [0.4, 0.5) is 0 Å². The summed E-state index contributed by atoms with van der Waals surface area (Å²) in [5.74, 6) is 0. The molecule has 0 spiro atoms. The van der Waals surface area contributed by atoms with Crippen LogP contribution in [-0.4, -0.2) is 0 Å². The second kappa shape index (κ2) is 2.38. The summed E-state index contributed by atoms with van der Waals surface area (Å²) in [7, 11) is 0. The molecule has 0 N–H and O–H groups in total. The van der Waals surface area contributed by atoms with Gasteiger partial charge in [0.15, 0.2) is 0 Å². The molecular formula is C6H4Cl2. The van der Waals surface area contributed by atoms with E-state index < -0.39 is 0 Å². The zero-order valence-corrected chi connectivity index (χ0v) is 5.50. The maximum atomic E-state index is 7.13. The molecule has 0 bridgehead atoms. The van der Waals surface area contributed by atoms with Crippen LogP contribution < -0.4 is 0 Å². The lowest BCUT2D eigenvalue weighted by Crippen LogP contribution is -1.61. The standard InChI is InChI=1S/C6H4Cl2/c7-5-2-1-3-6(8)4-5/h1-4H/i2D. The maximum Gasteiger partial charge on any atom is 0.0638 e. The number of halogens is 2. The molecule has 0 saturated carbocycles. The molecule has 0 fully saturated rings. The Kier molecular flexibility index (Phi) is 1.39. The molecule has 0 atom stereocenters. The Labute approximate surface area is 59.4 Å². The first kappa shape index (κ1) is 4.66. The summed E-state index contributed by atoms with van der Waals surface area (Å²) < 4.78 is 7.13. The molecule has 0 heterocycles. The minimum Gasteiger partial charge on any atom is -0.0843 e. The summed E-state index contributed by atoms with van der Waals surface area (Å²) in [6.45, 7) is 0. The van der Waals surface area contributed by atoms with Gasteiger partial charge in [0.1, 0.15) is 0 Å². The molecule has 1 rings (SSSR count). The molecule has 0 aliphatic heterocycles. The third kappa shape index (κ3) is 1.39. The van der Waals surface area contributed by atoms with Gasteiger partial charge in [0.25, 0.3) is 0 Å². The Morgan fingerprint density at radius 1 is 1.38 bits per heavy atom. The minimum absolute atomic E-state index is 0.307. The van der Waals surface area contributed by atoms with Crippen molar-refractivity contribution in [3.63, 3.8) is 0 Å². The van der Waals surface area contributed by atoms with E-state index in [1.807, 2.05) is 0 Å². The smallest absolute Gasteiger partial charge is 0.0638 e. The summed E-state index contributed by atoms with van der Waals surface area (Å²) in [5, 5.41) is 0.957. The summed E-state index contributed by atoms with van der Waals surface area (Å²) in [6, 6.07) is 5.05. The molecule has 0 nitrogen and oxygen atoms in total. The van der Waals surface area contributed by atoms with Crippen molar-refractivity contribution in [2.24, 2.45) is 0 Å². The van der Waals surface area contributed by atoms with Crippen LogP contribution >= 0.6 is 23.2 Å². The molecule has 1 aromatic carbocycles. The van der Waals surface area contributed by atoms with E-state index in [9.17, 15) is 0 Å². The summed E-state index contributed by atoms with van der Waals surface area (Å²) in [4.78, 5) is 0. The molecule has 0 radical (unpaired) electrons. The average Bonchev–Trinajstić information content (AvgIpc) is 1.80. The minimum atomic E-state index is 0.307. The number of hydrogen-bond acceptors (Lipinski definition) is 0. The lowest BCUT2D eigenvalue weighted by Gasteiger charge is -1.86. The van der Waals surface area contributed by atoms with E-state index in [0.717, 1.165) is 0 Å². The van der Waals surface area contributed by atoms with Crippen LogP contribution in [0, 0.1) is 0 Å². The maximum absolute atomic E-state index is 7.13. The average molecular weight is 148 g/mol. The summed E-state index contributed by atoms with van der Waals surface area (Å²) >= 11 is 11.1. The van der Waals surface area contributed by atoms with Gasteiger partial charge in [-0.3, -0.25) is 0 Å². The van der Waals surface area contributed by atoms with Crippen LogP contribution in [-0.2, 0) is 0 Å². The Morgan fingerprint density at radius 3 is 2.62 bits per heavy atom. The van der Waals surface area contributed by atoms with Crippen molar-refractivity contribution in [3.8, 4) is 0 Å². The van der Waals surface area contributed by atoms with Gasteiger partial charge in [-0.15, -0.1) is 0 Å². The van der Waals surface area contributed by atoms with Gasteiger partial charge in [-0.05, 0) is 18.2 Å². The highest BCUT2D eigenvalue weighted by molar-refractivity contribution is 6.34. The fourth-order valence-corrected chi connectivity index (χ4v) is 0.820. The third-order valence-corrected chi connectivity index (χ3v) is 1.18. The number of benzene rings is 1. The highest BCUT2D eigenvalue weighted by Gasteiger charge is 1.84. The SMILES string of the molecule is [2H]c1ccc(Cl)cc1Cl. The topological polar surface area (TPSA) is 0 Å². The number of rotatable bonds is 0. The van der Waals surface area contributed by atoms with E-state index in [4.69, 9.17) is 24.6 Å². The van der Waals surface area contributed by atoms with E-state index in [2.05, 4.69) is 0 Å². The molecule has 0 aliphatic carbocycles. The molecule has 0 amide bonds. The molecule has 0 unspecified atom stereocenters. The van der Waals surface area contributed by atoms with E-state index >= 15 is 0 Å². The second-order valence-corrected chi connectivity index (χ2v) is 2.20. The highest BCUT2D eigenvalue weighted by Crippen LogP contribution is 2.13. The van der Waals surface area contributed by atoms with Crippen molar-refractivity contribution in [1.82, 2.24) is 0 Å². The van der Waals surface area contributed by atoms with Crippen molar-refractivity contribution in [3.05, 3.63) is 34.3 Å². The lowest BCUT2D eigenvalue weighted by atomic mass is 10.4. The monoisotopic (exact) mass is 147 g/mol. The van der Waals surface area contributed by atoms with Gasteiger partial charge in [0.05, 0.1) is 1.37 Å². The van der Waals surface area contributed by atoms with Crippen LogP contribution in [0.2, 0.25) is 10.0 Å². The Morgan fingerprint density at radius 2 is 2.12 bits per heavy atom.